The Morgan fingerprint density at radius 1 is 1.23 bits per heavy atom. The Balaban J connectivity index is 2.09. The maximum absolute atomic E-state index is 13.4. The van der Waals surface area contributed by atoms with E-state index in [2.05, 4.69) is 33.9 Å². The van der Waals surface area contributed by atoms with Crippen LogP contribution in [0.5, 0.6) is 0 Å². The summed E-state index contributed by atoms with van der Waals surface area (Å²) >= 11 is 0. The molecule has 1 aliphatic heterocycles. The second kappa shape index (κ2) is 10.6. The smallest absolute Gasteiger partial charge is 0.310 e. The number of carbonyl (C=O) groups excluding carboxylic acids is 2. The summed E-state index contributed by atoms with van der Waals surface area (Å²) in [4.78, 5) is 27.2. The first-order chi connectivity index (χ1) is 14.1. The molecular weight excluding hydrogens is 398 g/mol. The normalized spacial score (nSPS) is 17.7. The van der Waals surface area contributed by atoms with Gasteiger partial charge in [0.1, 0.15) is 0 Å². The highest BCUT2D eigenvalue weighted by molar-refractivity contribution is 6.74. The van der Waals surface area contributed by atoms with Crippen LogP contribution in [0.25, 0.3) is 0 Å². The molecule has 1 aliphatic rings. The number of benzene rings is 1. The molecule has 1 aromatic carbocycles. The monoisotopic (exact) mass is 435 g/mol. The van der Waals surface area contributed by atoms with Gasteiger partial charge in [-0.25, -0.2) is 0 Å². The fraction of sp³-hybridized carbons (Fsp3) is 0.652. The lowest BCUT2D eigenvalue weighted by molar-refractivity contribution is -0.142. The predicted molar refractivity (Wildman–Crippen MR) is 120 cm³/mol. The summed E-state index contributed by atoms with van der Waals surface area (Å²) < 4.78 is 17.0. The van der Waals surface area contributed by atoms with E-state index >= 15 is 0 Å². The molecule has 0 aliphatic carbocycles. The van der Waals surface area contributed by atoms with E-state index < -0.39 is 8.32 Å². The van der Waals surface area contributed by atoms with E-state index in [1.54, 1.807) is 13.0 Å². The lowest BCUT2D eigenvalue weighted by Crippen LogP contribution is -2.50. The molecule has 1 amide bonds. The van der Waals surface area contributed by atoms with Crippen molar-refractivity contribution in [1.82, 2.24) is 4.90 Å². The first-order valence-corrected chi connectivity index (χ1v) is 13.7. The quantitative estimate of drug-likeness (QED) is 0.455. The minimum atomic E-state index is -1.83. The van der Waals surface area contributed by atoms with Crippen LogP contribution in [0.1, 0.15) is 50.0 Å². The maximum atomic E-state index is 13.4. The minimum Gasteiger partial charge on any atom is -0.466 e. The van der Waals surface area contributed by atoms with Crippen LogP contribution in [0.15, 0.2) is 24.3 Å². The minimum absolute atomic E-state index is 0.0355. The lowest BCUT2D eigenvalue weighted by Gasteiger charge is -2.39. The Morgan fingerprint density at radius 3 is 2.60 bits per heavy atom. The molecule has 0 spiro atoms. The fourth-order valence-electron chi connectivity index (χ4n) is 3.23. The zero-order chi connectivity index (χ0) is 22.4. The highest BCUT2D eigenvalue weighted by atomic mass is 28.4. The van der Waals surface area contributed by atoms with Gasteiger partial charge in [0.25, 0.3) is 5.91 Å². The molecule has 6 nitrogen and oxygen atoms in total. The maximum Gasteiger partial charge on any atom is 0.310 e. The largest absolute Gasteiger partial charge is 0.466 e. The van der Waals surface area contributed by atoms with E-state index in [0.29, 0.717) is 44.1 Å². The first kappa shape index (κ1) is 24.6. The number of ether oxygens (including phenoxy) is 2. The molecule has 0 bridgehead atoms. The lowest BCUT2D eigenvalue weighted by atomic mass is 10.0. The summed E-state index contributed by atoms with van der Waals surface area (Å²) in [5, 5.41) is 0.150. The molecule has 1 atom stereocenters. The Hall–Kier alpha value is -1.70. The van der Waals surface area contributed by atoms with Gasteiger partial charge in [0, 0.05) is 18.7 Å². The van der Waals surface area contributed by atoms with Crippen LogP contribution in [0, 0.1) is 0 Å². The average molecular weight is 436 g/mol. The van der Waals surface area contributed by atoms with Crippen LogP contribution in [0.3, 0.4) is 0 Å². The zero-order valence-corrected chi connectivity index (χ0v) is 20.3. The van der Waals surface area contributed by atoms with Crippen molar-refractivity contribution < 1.29 is 23.5 Å². The van der Waals surface area contributed by atoms with Gasteiger partial charge in [-0.3, -0.25) is 9.59 Å². The third kappa shape index (κ3) is 6.40. The number of nitrogens with zero attached hydrogens (tertiary/aromatic N) is 1. The number of morpholine rings is 1. The van der Waals surface area contributed by atoms with Crippen LogP contribution >= 0.6 is 0 Å². The molecule has 0 radical (unpaired) electrons. The van der Waals surface area contributed by atoms with Crippen molar-refractivity contribution in [1.29, 1.82) is 0 Å². The van der Waals surface area contributed by atoms with Gasteiger partial charge in [-0.2, -0.15) is 0 Å². The summed E-state index contributed by atoms with van der Waals surface area (Å²) in [7, 11) is -1.83. The molecule has 0 aromatic heterocycles. The summed E-state index contributed by atoms with van der Waals surface area (Å²) in [5.41, 5.74) is 1.26. The molecule has 0 unspecified atom stereocenters. The second-order valence-corrected chi connectivity index (χ2v) is 14.1. The summed E-state index contributed by atoms with van der Waals surface area (Å²) in [6.45, 7) is 15.4. The Bertz CT molecular complexity index is 729. The first-order valence-electron chi connectivity index (χ1n) is 10.8. The van der Waals surface area contributed by atoms with Gasteiger partial charge in [0.15, 0.2) is 8.32 Å². The topological polar surface area (TPSA) is 65.1 Å². The SMILES string of the molecule is CCOC(=O)Cc1ccccc1C(=O)N1CCOC[C@H]1CCO[Si](C)(C)C(C)(C)C. The number of hydrogen-bond donors (Lipinski definition) is 0. The van der Waals surface area contributed by atoms with E-state index in [9.17, 15) is 9.59 Å². The number of carbonyl (C=O) groups is 2. The van der Waals surface area contributed by atoms with E-state index in [1.165, 1.54) is 0 Å². The van der Waals surface area contributed by atoms with E-state index in [1.807, 2.05) is 23.1 Å². The molecule has 30 heavy (non-hydrogen) atoms. The van der Waals surface area contributed by atoms with Gasteiger partial charge >= 0.3 is 5.97 Å². The van der Waals surface area contributed by atoms with Gasteiger partial charge in [-0.05, 0) is 43.1 Å². The number of rotatable bonds is 8. The highest BCUT2D eigenvalue weighted by Crippen LogP contribution is 2.36. The molecular formula is C23H37NO5Si. The van der Waals surface area contributed by atoms with Gasteiger partial charge < -0.3 is 18.8 Å². The van der Waals surface area contributed by atoms with Crippen molar-refractivity contribution in [3.8, 4) is 0 Å². The van der Waals surface area contributed by atoms with Crippen molar-refractivity contribution in [3.63, 3.8) is 0 Å². The molecule has 7 heteroatoms. The van der Waals surface area contributed by atoms with Crippen molar-refractivity contribution in [2.45, 2.75) is 64.7 Å². The van der Waals surface area contributed by atoms with E-state index in [-0.39, 0.29) is 29.4 Å². The molecule has 0 saturated carbocycles. The molecule has 1 heterocycles. The van der Waals surface area contributed by atoms with Crippen LogP contribution < -0.4 is 0 Å². The molecule has 168 valence electrons. The Labute approximate surface area is 182 Å². The van der Waals surface area contributed by atoms with Crippen molar-refractivity contribution >= 4 is 20.2 Å². The van der Waals surface area contributed by atoms with Gasteiger partial charge in [-0.15, -0.1) is 0 Å². The van der Waals surface area contributed by atoms with Crippen molar-refractivity contribution in [3.05, 3.63) is 35.4 Å². The highest BCUT2D eigenvalue weighted by Gasteiger charge is 2.37. The van der Waals surface area contributed by atoms with Gasteiger partial charge in [0.05, 0.1) is 32.3 Å². The van der Waals surface area contributed by atoms with E-state index in [4.69, 9.17) is 13.9 Å². The predicted octanol–water partition coefficient (Wildman–Crippen LogP) is 4.05. The Kier molecular flexibility index (Phi) is 8.64. The van der Waals surface area contributed by atoms with E-state index in [0.717, 1.165) is 6.42 Å². The molecule has 1 fully saturated rings. The van der Waals surface area contributed by atoms with Crippen LogP contribution in [-0.4, -0.2) is 64.1 Å². The zero-order valence-electron chi connectivity index (χ0n) is 19.3. The molecule has 2 rings (SSSR count). The number of hydrogen-bond acceptors (Lipinski definition) is 5. The fourth-order valence-corrected chi connectivity index (χ4v) is 4.29. The summed E-state index contributed by atoms with van der Waals surface area (Å²) in [5.74, 6) is -0.380. The summed E-state index contributed by atoms with van der Waals surface area (Å²) in [6, 6.07) is 7.25. The van der Waals surface area contributed by atoms with Crippen LogP contribution in [0.4, 0.5) is 0 Å². The Morgan fingerprint density at radius 2 is 1.93 bits per heavy atom. The van der Waals surface area contributed by atoms with Gasteiger partial charge in [-0.1, -0.05) is 39.0 Å². The van der Waals surface area contributed by atoms with Crippen molar-refractivity contribution in [2.24, 2.45) is 0 Å². The average Bonchev–Trinajstić information content (AvgIpc) is 2.67. The summed E-state index contributed by atoms with van der Waals surface area (Å²) in [6.07, 6.45) is 0.831. The second-order valence-electron chi connectivity index (χ2n) is 9.26. The molecule has 1 saturated heterocycles. The third-order valence-corrected chi connectivity index (χ3v) is 10.6. The molecule has 1 aromatic rings. The van der Waals surface area contributed by atoms with Crippen LogP contribution in [-0.2, 0) is 25.1 Å². The molecule has 0 N–H and O–H groups in total. The number of esters is 1. The van der Waals surface area contributed by atoms with Gasteiger partial charge in [0.2, 0.25) is 0 Å². The third-order valence-electron chi connectivity index (χ3n) is 6.10. The van der Waals surface area contributed by atoms with Crippen LogP contribution in [0.2, 0.25) is 18.1 Å². The van der Waals surface area contributed by atoms with Crippen molar-refractivity contribution in [2.75, 3.05) is 33.0 Å². The standard InChI is InChI=1S/C23H37NO5Si/c1-7-28-21(25)16-18-10-8-9-11-20(18)22(26)24-13-15-27-17-19(24)12-14-29-30(5,6)23(2,3)4/h8-11,19H,7,12-17H2,1-6H3/t19-/m1/s1. The number of amides is 1.